The molecule has 4 heteroatoms. The summed E-state index contributed by atoms with van der Waals surface area (Å²) >= 11 is 0. The lowest BCUT2D eigenvalue weighted by atomic mass is 9.99. The summed E-state index contributed by atoms with van der Waals surface area (Å²) in [5.74, 6) is 0.193. The van der Waals surface area contributed by atoms with Crippen molar-refractivity contribution in [2.24, 2.45) is 0 Å². The van der Waals surface area contributed by atoms with Crippen LogP contribution in [0.4, 0.5) is 0 Å². The molecule has 0 spiro atoms. The summed E-state index contributed by atoms with van der Waals surface area (Å²) in [6, 6.07) is 24.2. The molecule has 0 amide bonds. The topological polar surface area (TPSA) is 52.6 Å². The number of carbonyl (C=O) groups excluding carboxylic acids is 2. The first kappa shape index (κ1) is 21.1. The van der Waals surface area contributed by atoms with E-state index in [2.05, 4.69) is 55.1 Å². The number of carbonyl (C=O) groups is 2. The predicted molar refractivity (Wildman–Crippen MR) is 118 cm³/mol. The second-order valence-corrected chi connectivity index (χ2v) is 7.03. The minimum atomic E-state index is -0.334. The summed E-state index contributed by atoms with van der Waals surface area (Å²) in [6.45, 7) is 6.04. The van der Waals surface area contributed by atoms with Gasteiger partial charge in [-0.2, -0.15) is 0 Å². The number of benzene rings is 3. The summed E-state index contributed by atoms with van der Waals surface area (Å²) in [4.78, 5) is 21.8. The van der Waals surface area contributed by atoms with Crippen LogP contribution in [0.3, 0.4) is 0 Å². The Morgan fingerprint density at radius 1 is 0.833 bits per heavy atom. The minimum absolute atomic E-state index is 0.334. The standard InChI is InChI=1S/C26H24O4/c1-19(2)26(28)29-17-3-4-20-5-7-21(8-6-20)22-9-11-23(12-10-22)24-13-15-25(16-14-24)30-18-27/h5-16,18H,1,3-4,17H2,2H3. The van der Waals surface area contributed by atoms with E-state index in [4.69, 9.17) is 9.47 Å². The maximum atomic E-state index is 11.4. The smallest absolute Gasteiger partial charge is 0.333 e. The highest BCUT2D eigenvalue weighted by Crippen LogP contribution is 2.26. The highest BCUT2D eigenvalue weighted by atomic mass is 16.5. The zero-order valence-corrected chi connectivity index (χ0v) is 17.0. The van der Waals surface area contributed by atoms with Crippen LogP contribution in [0.2, 0.25) is 0 Å². The third kappa shape index (κ3) is 5.67. The van der Waals surface area contributed by atoms with Crippen molar-refractivity contribution in [3.63, 3.8) is 0 Å². The van der Waals surface area contributed by atoms with Gasteiger partial charge in [-0.3, -0.25) is 4.79 Å². The lowest BCUT2D eigenvalue weighted by Gasteiger charge is -2.08. The van der Waals surface area contributed by atoms with Crippen LogP contribution in [-0.4, -0.2) is 19.0 Å². The molecule has 0 heterocycles. The quantitative estimate of drug-likeness (QED) is 0.203. The molecule has 152 valence electrons. The van der Waals surface area contributed by atoms with Gasteiger partial charge in [0.05, 0.1) is 6.61 Å². The minimum Gasteiger partial charge on any atom is -0.462 e. The maximum Gasteiger partial charge on any atom is 0.333 e. The largest absolute Gasteiger partial charge is 0.462 e. The number of ether oxygens (including phenoxy) is 2. The van der Waals surface area contributed by atoms with Crippen LogP contribution in [0.1, 0.15) is 18.9 Å². The second kappa shape index (κ2) is 10.2. The Morgan fingerprint density at radius 2 is 1.30 bits per heavy atom. The molecule has 0 aliphatic rings. The van der Waals surface area contributed by atoms with Gasteiger partial charge in [-0.15, -0.1) is 0 Å². The Labute approximate surface area is 176 Å². The molecule has 0 saturated heterocycles. The molecule has 0 aliphatic heterocycles. The zero-order valence-electron chi connectivity index (χ0n) is 17.0. The average molecular weight is 400 g/mol. The average Bonchev–Trinajstić information content (AvgIpc) is 2.78. The van der Waals surface area contributed by atoms with E-state index in [1.807, 2.05) is 12.1 Å². The number of aryl methyl sites for hydroxylation is 1. The Bertz CT molecular complexity index is 1000. The van der Waals surface area contributed by atoms with Gasteiger partial charge in [0.25, 0.3) is 6.47 Å². The highest BCUT2D eigenvalue weighted by molar-refractivity contribution is 5.86. The third-order valence-electron chi connectivity index (χ3n) is 4.74. The molecule has 30 heavy (non-hydrogen) atoms. The molecule has 0 saturated carbocycles. The van der Waals surface area contributed by atoms with Crippen molar-refractivity contribution in [2.45, 2.75) is 19.8 Å². The first-order valence-corrected chi connectivity index (χ1v) is 9.79. The van der Waals surface area contributed by atoms with E-state index in [-0.39, 0.29) is 5.97 Å². The molecular formula is C26H24O4. The fraction of sp³-hybridized carbons (Fsp3) is 0.154. The summed E-state index contributed by atoms with van der Waals surface area (Å²) in [5, 5.41) is 0. The molecule has 0 aromatic heterocycles. The molecular weight excluding hydrogens is 376 g/mol. The fourth-order valence-corrected chi connectivity index (χ4v) is 3.06. The molecule has 3 aromatic rings. The molecule has 0 aliphatic carbocycles. The van der Waals surface area contributed by atoms with Crippen LogP contribution < -0.4 is 4.74 Å². The van der Waals surface area contributed by atoms with E-state index in [0.29, 0.717) is 24.4 Å². The van der Waals surface area contributed by atoms with Gasteiger partial charge in [0.2, 0.25) is 0 Å². The van der Waals surface area contributed by atoms with E-state index in [0.717, 1.165) is 35.1 Å². The molecule has 3 rings (SSSR count). The molecule has 0 N–H and O–H groups in total. The number of hydrogen-bond acceptors (Lipinski definition) is 4. The van der Waals surface area contributed by atoms with Crippen molar-refractivity contribution in [2.75, 3.05) is 6.61 Å². The van der Waals surface area contributed by atoms with E-state index in [1.165, 1.54) is 5.56 Å². The SMILES string of the molecule is C=C(C)C(=O)OCCCc1ccc(-c2ccc(-c3ccc(OC=O)cc3)cc2)cc1. The number of rotatable bonds is 9. The monoisotopic (exact) mass is 400 g/mol. The van der Waals surface area contributed by atoms with Crippen LogP contribution in [0.25, 0.3) is 22.3 Å². The van der Waals surface area contributed by atoms with E-state index in [9.17, 15) is 9.59 Å². The van der Waals surface area contributed by atoms with E-state index < -0.39 is 0 Å². The molecule has 0 fully saturated rings. The van der Waals surface area contributed by atoms with Crippen LogP contribution in [0.15, 0.2) is 84.9 Å². The Kier molecular flexibility index (Phi) is 7.17. The van der Waals surface area contributed by atoms with Gasteiger partial charge < -0.3 is 9.47 Å². The van der Waals surface area contributed by atoms with Crippen LogP contribution >= 0.6 is 0 Å². The van der Waals surface area contributed by atoms with Crippen LogP contribution in [0, 0.1) is 0 Å². The van der Waals surface area contributed by atoms with E-state index >= 15 is 0 Å². The van der Waals surface area contributed by atoms with Crippen LogP contribution in [0.5, 0.6) is 5.75 Å². The predicted octanol–water partition coefficient (Wildman–Crippen LogP) is 5.61. The molecule has 0 unspecified atom stereocenters. The molecule has 0 bridgehead atoms. The fourth-order valence-electron chi connectivity index (χ4n) is 3.06. The van der Waals surface area contributed by atoms with Gasteiger partial charge in [-0.05, 0) is 59.7 Å². The first-order valence-electron chi connectivity index (χ1n) is 9.79. The lowest BCUT2D eigenvalue weighted by molar-refractivity contribution is -0.139. The summed E-state index contributed by atoms with van der Waals surface area (Å²) in [7, 11) is 0. The lowest BCUT2D eigenvalue weighted by Crippen LogP contribution is -2.06. The molecule has 4 nitrogen and oxygen atoms in total. The van der Waals surface area contributed by atoms with Gasteiger partial charge in [-0.1, -0.05) is 67.2 Å². The van der Waals surface area contributed by atoms with Gasteiger partial charge >= 0.3 is 5.97 Å². The Morgan fingerprint density at radius 3 is 1.77 bits per heavy atom. The van der Waals surface area contributed by atoms with E-state index in [1.54, 1.807) is 19.1 Å². The van der Waals surface area contributed by atoms with Crippen molar-refractivity contribution in [1.82, 2.24) is 0 Å². The third-order valence-corrected chi connectivity index (χ3v) is 4.74. The van der Waals surface area contributed by atoms with Crippen LogP contribution in [-0.2, 0) is 20.7 Å². The van der Waals surface area contributed by atoms with Gasteiger partial charge in [0, 0.05) is 5.57 Å². The normalized spacial score (nSPS) is 10.3. The number of esters is 1. The Balaban J connectivity index is 1.57. The van der Waals surface area contributed by atoms with Crippen molar-refractivity contribution < 1.29 is 19.1 Å². The van der Waals surface area contributed by atoms with Gasteiger partial charge in [0.1, 0.15) is 5.75 Å². The summed E-state index contributed by atoms with van der Waals surface area (Å²) in [6.07, 6.45) is 1.64. The summed E-state index contributed by atoms with van der Waals surface area (Å²) in [5.41, 5.74) is 6.07. The van der Waals surface area contributed by atoms with Crippen molar-refractivity contribution in [1.29, 1.82) is 0 Å². The highest BCUT2D eigenvalue weighted by Gasteiger charge is 2.04. The molecule has 0 radical (unpaired) electrons. The molecule has 3 aromatic carbocycles. The zero-order chi connectivity index (χ0) is 21.3. The molecule has 0 atom stereocenters. The maximum absolute atomic E-state index is 11.4. The summed E-state index contributed by atoms with van der Waals surface area (Å²) < 4.78 is 9.95. The first-order chi connectivity index (χ1) is 14.6. The van der Waals surface area contributed by atoms with Crippen molar-refractivity contribution >= 4 is 12.4 Å². The van der Waals surface area contributed by atoms with Gasteiger partial charge in [-0.25, -0.2) is 4.79 Å². The Hall–Kier alpha value is -3.66. The van der Waals surface area contributed by atoms with Crippen molar-refractivity contribution in [3.05, 3.63) is 90.5 Å². The number of hydrogen-bond donors (Lipinski definition) is 0. The van der Waals surface area contributed by atoms with Gasteiger partial charge in [0.15, 0.2) is 0 Å². The second-order valence-electron chi connectivity index (χ2n) is 7.03. The van der Waals surface area contributed by atoms with Crippen molar-refractivity contribution in [3.8, 4) is 28.0 Å².